The van der Waals surface area contributed by atoms with E-state index in [0.29, 0.717) is 22.2 Å². The van der Waals surface area contributed by atoms with Crippen LogP contribution in [0.15, 0.2) is 17.3 Å². The minimum atomic E-state index is -1.49. The van der Waals surface area contributed by atoms with Gasteiger partial charge in [0.2, 0.25) is 0 Å². The van der Waals surface area contributed by atoms with E-state index in [9.17, 15) is 25.2 Å². The van der Waals surface area contributed by atoms with E-state index in [1.807, 2.05) is 0 Å². The molecule has 1 aromatic heterocycles. The van der Waals surface area contributed by atoms with Crippen LogP contribution in [-0.2, 0) is 23.7 Å². The van der Waals surface area contributed by atoms with E-state index < -0.39 is 42.9 Å². The number of aliphatic hydroxyl groups excluding tert-OH is 4. The van der Waals surface area contributed by atoms with E-state index in [1.54, 1.807) is 6.92 Å². The standard InChI is InChI=1S/C23H34N2O11S/c1-13(27)23(2)12-37-21(25-23)17-15(28)9-14(10-24-17)34-7-5-32-3-4-33-6-8-35-22-20(31)19(30)18(29)16(11-26)36-22/h9-10,16,18-20,22,26,28-31H,3-8,11-12H2,1-2H3/t16?,18-,19?,20+,22+,23+/m0/s1. The molecular formula is C23H34N2O11S. The lowest BCUT2D eigenvalue weighted by Crippen LogP contribution is -2.59. The van der Waals surface area contributed by atoms with Gasteiger partial charge in [-0.15, -0.1) is 11.8 Å². The molecule has 2 aliphatic rings. The number of aromatic nitrogens is 1. The monoisotopic (exact) mass is 546 g/mol. The predicted molar refractivity (Wildman–Crippen MR) is 131 cm³/mol. The summed E-state index contributed by atoms with van der Waals surface area (Å²) in [7, 11) is 0. The van der Waals surface area contributed by atoms with Crippen molar-refractivity contribution in [3.8, 4) is 11.5 Å². The van der Waals surface area contributed by atoms with E-state index in [0.717, 1.165) is 0 Å². The van der Waals surface area contributed by atoms with Crippen molar-refractivity contribution in [2.75, 3.05) is 52.0 Å². The molecule has 3 rings (SSSR count). The number of Topliss-reactive ketones (excluding diaryl/α,β-unsaturated/α-hetero) is 1. The summed E-state index contributed by atoms with van der Waals surface area (Å²) in [6, 6.07) is 1.44. The first-order chi connectivity index (χ1) is 17.7. The average molecular weight is 547 g/mol. The summed E-state index contributed by atoms with van der Waals surface area (Å²) in [5.41, 5.74) is -0.493. The Hall–Kier alpha value is -1.88. The minimum Gasteiger partial charge on any atom is -0.505 e. The van der Waals surface area contributed by atoms with Gasteiger partial charge in [-0.1, -0.05) is 0 Å². The largest absolute Gasteiger partial charge is 0.505 e. The van der Waals surface area contributed by atoms with Crippen molar-refractivity contribution in [1.29, 1.82) is 0 Å². The third-order valence-corrected chi connectivity index (χ3v) is 7.13. The summed E-state index contributed by atoms with van der Waals surface area (Å²) < 4.78 is 26.9. The number of hydrogen-bond acceptors (Lipinski definition) is 14. The Morgan fingerprint density at radius 2 is 1.78 bits per heavy atom. The van der Waals surface area contributed by atoms with Gasteiger partial charge in [0.15, 0.2) is 12.1 Å². The zero-order valence-corrected chi connectivity index (χ0v) is 21.5. The molecule has 37 heavy (non-hydrogen) atoms. The number of aliphatic hydroxyl groups is 4. The Morgan fingerprint density at radius 3 is 2.41 bits per heavy atom. The molecule has 1 aromatic rings. The van der Waals surface area contributed by atoms with E-state index in [2.05, 4.69) is 9.98 Å². The lowest BCUT2D eigenvalue weighted by molar-refractivity contribution is -0.302. The van der Waals surface area contributed by atoms with Gasteiger partial charge in [0.25, 0.3) is 0 Å². The second kappa shape index (κ2) is 13.8. The molecule has 0 radical (unpaired) electrons. The van der Waals surface area contributed by atoms with Crippen LogP contribution in [0.4, 0.5) is 0 Å². The van der Waals surface area contributed by atoms with Crippen LogP contribution in [0.1, 0.15) is 19.5 Å². The van der Waals surface area contributed by atoms with Crippen molar-refractivity contribution in [3.63, 3.8) is 0 Å². The SMILES string of the molecule is CC(=O)[C@@]1(C)CSC(c2ncc(OCCOCCOCCO[C@@H]3OC(CO)[C@H](O)C(O)[C@H]3O)cc2O)=N1. The lowest BCUT2D eigenvalue weighted by Gasteiger charge is -2.39. The number of aliphatic imine (C=N–C) groups is 1. The van der Waals surface area contributed by atoms with Crippen molar-refractivity contribution < 1.29 is 54.0 Å². The number of aromatic hydroxyl groups is 1. The molecule has 208 valence electrons. The van der Waals surface area contributed by atoms with E-state index in [1.165, 1.54) is 30.9 Å². The van der Waals surface area contributed by atoms with Crippen molar-refractivity contribution in [2.45, 2.75) is 50.1 Å². The van der Waals surface area contributed by atoms with Crippen LogP contribution in [0.2, 0.25) is 0 Å². The van der Waals surface area contributed by atoms with Gasteiger partial charge in [0.05, 0.1) is 45.8 Å². The van der Waals surface area contributed by atoms with Gasteiger partial charge < -0.3 is 49.2 Å². The molecule has 6 atom stereocenters. The first kappa shape index (κ1) is 29.7. The molecule has 0 amide bonds. The third kappa shape index (κ3) is 7.81. The Morgan fingerprint density at radius 1 is 1.11 bits per heavy atom. The molecule has 14 heteroatoms. The van der Waals surface area contributed by atoms with Crippen LogP contribution in [0, 0.1) is 0 Å². The van der Waals surface area contributed by atoms with Crippen LogP contribution in [-0.4, -0.2) is 130 Å². The van der Waals surface area contributed by atoms with Crippen LogP contribution in [0.3, 0.4) is 0 Å². The number of ether oxygens (including phenoxy) is 5. The summed E-state index contributed by atoms with van der Waals surface area (Å²) >= 11 is 1.37. The number of nitrogens with zero attached hydrogens (tertiary/aromatic N) is 2. The summed E-state index contributed by atoms with van der Waals surface area (Å²) in [4.78, 5) is 20.4. The summed E-state index contributed by atoms with van der Waals surface area (Å²) in [6.45, 7) is 4.00. The molecule has 2 aliphatic heterocycles. The second-order valence-corrected chi connectivity index (χ2v) is 9.68. The predicted octanol–water partition coefficient (Wildman–Crippen LogP) is -1.14. The third-order valence-electron chi connectivity index (χ3n) is 5.87. The number of carbonyl (C=O) groups excluding carboxylic acids is 1. The van der Waals surface area contributed by atoms with Crippen LogP contribution >= 0.6 is 11.8 Å². The quantitative estimate of drug-likeness (QED) is 0.176. The molecule has 0 aromatic carbocycles. The fraction of sp³-hybridized carbons (Fsp3) is 0.696. The maximum absolute atomic E-state index is 11.8. The highest BCUT2D eigenvalue weighted by Gasteiger charge is 2.44. The van der Waals surface area contributed by atoms with Gasteiger partial charge in [0, 0.05) is 11.8 Å². The van der Waals surface area contributed by atoms with Gasteiger partial charge >= 0.3 is 0 Å². The van der Waals surface area contributed by atoms with Gasteiger partial charge in [-0.3, -0.25) is 9.79 Å². The maximum atomic E-state index is 11.8. The van der Waals surface area contributed by atoms with Gasteiger partial charge in [0.1, 0.15) is 58.8 Å². The molecule has 0 spiro atoms. The Bertz CT molecular complexity index is 934. The van der Waals surface area contributed by atoms with E-state index in [4.69, 9.17) is 28.8 Å². The first-order valence-corrected chi connectivity index (χ1v) is 12.8. The molecule has 1 fully saturated rings. The Kier molecular flexibility index (Phi) is 11.0. The highest BCUT2D eigenvalue weighted by molar-refractivity contribution is 8.14. The molecule has 0 saturated carbocycles. The van der Waals surface area contributed by atoms with Crippen LogP contribution in [0.25, 0.3) is 0 Å². The van der Waals surface area contributed by atoms with Crippen LogP contribution in [0.5, 0.6) is 11.5 Å². The fourth-order valence-corrected chi connectivity index (χ4v) is 4.69. The smallest absolute Gasteiger partial charge is 0.186 e. The highest BCUT2D eigenvalue weighted by atomic mass is 32.2. The first-order valence-electron chi connectivity index (χ1n) is 11.8. The van der Waals surface area contributed by atoms with Crippen LogP contribution < -0.4 is 4.74 Å². The number of pyridine rings is 1. The molecule has 13 nitrogen and oxygen atoms in total. The summed E-state index contributed by atoms with van der Waals surface area (Å²) in [6.07, 6.45) is -5.12. The van der Waals surface area contributed by atoms with Crippen molar-refractivity contribution in [3.05, 3.63) is 18.0 Å². The molecule has 1 saturated heterocycles. The number of thioether (sulfide) groups is 1. The molecule has 2 unspecified atom stereocenters. The van der Waals surface area contributed by atoms with Gasteiger partial charge in [-0.25, -0.2) is 4.98 Å². The van der Waals surface area contributed by atoms with Crippen molar-refractivity contribution in [2.24, 2.45) is 4.99 Å². The number of hydrogen-bond donors (Lipinski definition) is 5. The molecule has 5 N–H and O–H groups in total. The zero-order chi connectivity index (χ0) is 27.0. The normalized spacial score (nSPS) is 29.8. The zero-order valence-electron chi connectivity index (χ0n) is 20.7. The molecule has 3 heterocycles. The van der Waals surface area contributed by atoms with E-state index in [-0.39, 0.29) is 51.2 Å². The second-order valence-electron chi connectivity index (χ2n) is 8.72. The van der Waals surface area contributed by atoms with Gasteiger partial charge in [-0.05, 0) is 13.8 Å². The molecule has 0 bridgehead atoms. The lowest BCUT2D eigenvalue weighted by atomic mass is 9.99. The number of rotatable bonds is 14. The van der Waals surface area contributed by atoms with Crippen molar-refractivity contribution in [1.82, 2.24) is 4.98 Å². The Balaban J connectivity index is 1.26. The molecule has 0 aliphatic carbocycles. The number of carbonyl (C=O) groups is 1. The maximum Gasteiger partial charge on any atom is 0.186 e. The summed E-state index contributed by atoms with van der Waals surface area (Å²) in [5.74, 6) is 0.742. The molecular weight excluding hydrogens is 512 g/mol. The van der Waals surface area contributed by atoms with E-state index >= 15 is 0 Å². The summed E-state index contributed by atoms with van der Waals surface area (Å²) in [5, 5.41) is 49.4. The van der Waals surface area contributed by atoms with Gasteiger partial charge in [-0.2, -0.15) is 0 Å². The Labute approximate surface area is 218 Å². The highest BCUT2D eigenvalue weighted by Crippen LogP contribution is 2.34. The average Bonchev–Trinajstić information content (AvgIpc) is 3.28. The minimum absolute atomic E-state index is 0.0405. The topological polar surface area (TPSA) is 190 Å². The van der Waals surface area contributed by atoms with Crippen molar-refractivity contribution >= 4 is 22.6 Å². The number of ketones is 1. The fourth-order valence-electron chi connectivity index (χ4n) is 3.45.